The summed E-state index contributed by atoms with van der Waals surface area (Å²) in [4.78, 5) is 6.34. The van der Waals surface area contributed by atoms with E-state index in [-0.39, 0.29) is 11.6 Å². The standard InChI is InChI=1S/C9H17NO.C7H7F2NO2/c1-11-8-9-4-2-6-10(9)7-3-5-9;1-11-6-4-5(2-3-10-6)12-7(8)9/h2-8H2,1H3;2-4,7H,1H3. The number of pyridine rings is 1. The molecule has 2 fully saturated rings. The molecule has 0 saturated carbocycles. The fraction of sp³-hybridized carbons (Fsp3) is 0.688. The monoisotopic (exact) mass is 330 g/mol. The lowest BCUT2D eigenvalue weighted by Gasteiger charge is -2.30. The van der Waals surface area contributed by atoms with E-state index >= 15 is 0 Å². The SMILES string of the molecule is COCC12CCCN1CCC2.COc1cc(OC(F)F)ccn1. The first-order valence-electron chi connectivity index (χ1n) is 7.78. The largest absolute Gasteiger partial charge is 0.481 e. The Balaban J connectivity index is 0.000000167. The third-order valence-corrected chi connectivity index (χ3v) is 4.36. The van der Waals surface area contributed by atoms with E-state index in [1.54, 1.807) is 0 Å². The van der Waals surface area contributed by atoms with Gasteiger partial charge in [-0.05, 0) is 44.8 Å². The van der Waals surface area contributed by atoms with E-state index in [2.05, 4.69) is 14.6 Å². The predicted octanol–water partition coefficient (Wildman–Crippen LogP) is 2.95. The molecule has 7 heteroatoms. The average molecular weight is 330 g/mol. The summed E-state index contributed by atoms with van der Waals surface area (Å²) in [6.07, 6.45) is 6.81. The summed E-state index contributed by atoms with van der Waals surface area (Å²) in [6.45, 7) is 0.747. The van der Waals surface area contributed by atoms with Gasteiger partial charge in [0.15, 0.2) is 0 Å². The summed E-state index contributed by atoms with van der Waals surface area (Å²) in [5, 5.41) is 0. The first-order chi connectivity index (χ1) is 11.1. The molecule has 2 aliphatic rings. The van der Waals surface area contributed by atoms with Gasteiger partial charge in [-0.1, -0.05) is 0 Å². The van der Waals surface area contributed by atoms with Crippen LogP contribution in [0.15, 0.2) is 18.3 Å². The van der Waals surface area contributed by atoms with Crippen LogP contribution in [0.3, 0.4) is 0 Å². The van der Waals surface area contributed by atoms with E-state index < -0.39 is 6.61 Å². The lowest BCUT2D eigenvalue weighted by Crippen LogP contribution is -2.42. The van der Waals surface area contributed by atoms with E-state index in [9.17, 15) is 8.78 Å². The average Bonchev–Trinajstić information content (AvgIpc) is 3.07. The van der Waals surface area contributed by atoms with Gasteiger partial charge >= 0.3 is 6.61 Å². The second kappa shape index (κ2) is 8.40. The number of methoxy groups -OCH3 is 2. The molecule has 2 aliphatic heterocycles. The van der Waals surface area contributed by atoms with Gasteiger partial charge in [0.1, 0.15) is 5.75 Å². The molecule has 0 N–H and O–H groups in total. The smallest absolute Gasteiger partial charge is 0.387 e. The molecule has 2 saturated heterocycles. The zero-order valence-corrected chi connectivity index (χ0v) is 13.6. The van der Waals surface area contributed by atoms with Crippen molar-refractivity contribution in [2.45, 2.75) is 37.8 Å². The highest BCUT2D eigenvalue weighted by molar-refractivity contribution is 5.25. The molecule has 0 radical (unpaired) electrons. The molecule has 0 aliphatic carbocycles. The zero-order chi connectivity index (χ0) is 16.7. The number of rotatable bonds is 5. The van der Waals surface area contributed by atoms with Gasteiger partial charge in [-0.15, -0.1) is 0 Å². The topological polar surface area (TPSA) is 43.8 Å². The van der Waals surface area contributed by atoms with Crippen LogP contribution in [0, 0.1) is 0 Å². The van der Waals surface area contributed by atoms with Crippen molar-refractivity contribution in [1.82, 2.24) is 9.88 Å². The molecule has 0 spiro atoms. The van der Waals surface area contributed by atoms with Gasteiger partial charge in [-0.25, -0.2) is 4.98 Å². The van der Waals surface area contributed by atoms with E-state index in [0.717, 1.165) is 6.61 Å². The summed E-state index contributed by atoms with van der Waals surface area (Å²) < 4.78 is 37.4. The highest BCUT2D eigenvalue weighted by atomic mass is 19.3. The van der Waals surface area contributed by atoms with Crippen LogP contribution in [0.1, 0.15) is 25.7 Å². The van der Waals surface area contributed by atoms with Crippen molar-refractivity contribution in [2.75, 3.05) is 33.9 Å². The Morgan fingerprint density at radius 2 is 1.96 bits per heavy atom. The maximum absolute atomic E-state index is 11.7. The van der Waals surface area contributed by atoms with Crippen molar-refractivity contribution in [3.05, 3.63) is 18.3 Å². The lowest BCUT2D eigenvalue weighted by atomic mass is 9.95. The zero-order valence-electron chi connectivity index (χ0n) is 13.6. The summed E-state index contributed by atoms with van der Waals surface area (Å²) in [5.41, 5.74) is 0.467. The van der Waals surface area contributed by atoms with Crippen LogP contribution >= 0.6 is 0 Å². The number of hydrogen-bond donors (Lipinski definition) is 0. The van der Waals surface area contributed by atoms with Crippen molar-refractivity contribution < 1.29 is 23.0 Å². The predicted molar refractivity (Wildman–Crippen MR) is 82.1 cm³/mol. The Hall–Kier alpha value is -1.47. The molecule has 0 atom stereocenters. The van der Waals surface area contributed by atoms with E-state index in [0.29, 0.717) is 5.54 Å². The number of nitrogens with zero attached hydrogens (tertiary/aromatic N) is 2. The molecule has 0 aromatic carbocycles. The Morgan fingerprint density at radius 3 is 2.52 bits per heavy atom. The molecule has 0 unspecified atom stereocenters. The second-order valence-electron chi connectivity index (χ2n) is 5.76. The second-order valence-corrected chi connectivity index (χ2v) is 5.76. The third kappa shape index (κ3) is 4.75. The van der Waals surface area contributed by atoms with Crippen molar-refractivity contribution in [3.63, 3.8) is 0 Å². The van der Waals surface area contributed by atoms with Crippen LogP contribution in [-0.4, -0.2) is 56.0 Å². The van der Waals surface area contributed by atoms with Crippen LogP contribution < -0.4 is 9.47 Å². The molecule has 5 nitrogen and oxygen atoms in total. The van der Waals surface area contributed by atoms with Gasteiger partial charge in [-0.2, -0.15) is 8.78 Å². The van der Waals surface area contributed by atoms with Crippen LogP contribution in [0.2, 0.25) is 0 Å². The molecule has 3 heterocycles. The van der Waals surface area contributed by atoms with Gasteiger partial charge in [0, 0.05) is 24.9 Å². The van der Waals surface area contributed by atoms with Gasteiger partial charge in [-0.3, -0.25) is 4.90 Å². The minimum atomic E-state index is -2.82. The van der Waals surface area contributed by atoms with Crippen molar-refractivity contribution in [1.29, 1.82) is 0 Å². The highest BCUT2D eigenvalue weighted by Crippen LogP contribution is 2.38. The number of ether oxygens (including phenoxy) is 3. The summed E-state index contributed by atoms with van der Waals surface area (Å²) in [6, 6.07) is 2.61. The van der Waals surface area contributed by atoms with Crippen LogP contribution in [0.25, 0.3) is 0 Å². The molecular weight excluding hydrogens is 306 g/mol. The van der Waals surface area contributed by atoms with Crippen molar-refractivity contribution in [3.8, 4) is 11.6 Å². The van der Waals surface area contributed by atoms with E-state index in [1.807, 2.05) is 7.11 Å². The van der Waals surface area contributed by atoms with Crippen LogP contribution in [0.4, 0.5) is 8.78 Å². The number of fused-ring (bicyclic) bond motifs is 1. The molecule has 23 heavy (non-hydrogen) atoms. The number of alkyl halides is 2. The van der Waals surface area contributed by atoms with Crippen LogP contribution in [-0.2, 0) is 4.74 Å². The first-order valence-corrected chi connectivity index (χ1v) is 7.78. The number of hydrogen-bond acceptors (Lipinski definition) is 5. The maximum Gasteiger partial charge on any atom is 0.387 e. The Kier molecular flexibility index (Phi) is 6.53. The lowest BCUT2D eigenvalue weighted by molar-refractivity contribution is -0.0499. The van der Waals surface area contributed by atoms with E-state index in [1.165, 1.54) is 64.2 Å². The Bertz CT molecular complexity index is 478. The third-order valence-electron chi connectivity index (χ3n) is 4.36. The minimum absolute atomic E-state index is 0.0388. The fourth-order valence-electron chi connectivity index (χ4n) is 3.41. The number of aromatic nitrogens is 1. The van der Waals surface area contributed by atoms with Crippen molar-refractivity contribution in [2.24, 2.45) is 0 Å². The minimum Gasteiger partial charge on any atom is -0.481 e. The highest BCUT2D eigenvalue weighted by Gasteiger charge is 2.43. The van der Waals surface area contributed by atoms with Crippen LogP contribution in [0.5, 0.6) is 11.6 Å². The Labute approximate surface area is 135 Å². The molecule has 3 rings (SSSR count). The van der Waals surface area contributed by atoms with Gasteiger partial charge in [0.25, 0.3) is 0 Å². The number of halogens is 2. The maximum atomic E-state index is 11.7. The molecule has 130 valence electrons. The first kappa shape index (κ1) is 17.9. The molecular formula is C16H24F2N2O3. The molecule has 0 bridgehead atoms. The van der Waals surface area contributed by atoms with Gasteiger partial charge in [0.2, 0.25) is 5.88 Å². The quantitative estimate of drug-likeness (QED) is 0.830. The molecule has 0 amide bonds. The van der Waals surface area contributed by atoms with Gasteiger partial charge < -0.3 is 14.2 Å². The molecule has 1 aromatic heterocycles. The molecule has 1 aromatic rings. The van der Waals surface area contributed by atoms with E-state index in [4.69, 9.17) is 9.47 Å². The van der Waals surface area contributed by atoms with Crippen molar-refractivity contribution >= 4 is 0 Å². The Morgan fingerprint density at radius 1 is 1.26 bits per heavy atom. The summed E-state index contributed by atoms with van der Waals surface area (Å²) in [5.74, 6) is 0.282. The van der Waals surface area contributed by atoms with Gasteiger partial charge in [0.05, 0.1) is 13.7 Å². The normalized spacial score (nSPS) is 19.2. The summed E-state index contributed by atoms with van der Waals surface area (Å²) >= 11 is 0. The fourth-order valence-corrected chi connectivity index (χ4v) is 3.41. The summed E-state index contributed by atoms with van der Waals surface area (Å²) in [7, 11) is 3.22.